The van der Waals surface area contributed by atoms with Crippen molar-refractivity contribution < 1.29 is 14.3 Å². The number of hydrogen-bond donors (Lipinski definition) is 2. The van der Waals surface area contributed by atoms with E-state index in [0.29, 0.717) is 5.02 Å². The average Bonchev–Trinajstić information content (AvgIpc) is 2.10. The van der Waals surface area contributed by atoms with Crippen molar-refractivity contribution in [3.63, 3.8) is 0 Å². The molecule has 0 bridgehead atoms. The Hall–Kier alpha value is -1.55. The summed E-state index contributed by atoms with van der Waals surface area (Å²) in [6, 6.07) is 3.96. The lowest BCUT2D eigenvalue weighted by atomic mass is 10.3. The molecule has 0 saturated heterocycles. The smallest absolute Gasteiger partial charge is 0.329 e. The van der Waals surface area contributed by atoms with Crippen LogP contribution in [0, 0.1) is 5.82 Å². The summed E-state index contributed by atoms with van der Waals surface area (Å²) in [6.07, 6.45) is 1.98. The summed E-state index contributed by atoms with van der Waals surface area (Å²) in [4.78, 5) is 10.1. The molecule has 0 unspecified atom stereocenters. The van der Waals surface area contributed by atoms with Gasteiger partial charge in [-0.15, -0.1) is 0 Å². The summed E-state index contributed by atoms with van der Waals surface area (Å²) in [5.74, 6) is -1.61. The van der Waals surface area contributed by atoms with Crippen molar-refractivity contribution in [3.8, 4) is 0 Å². The molecule has 1 aromatic rings. The van der Waals surface area contributed by atoms with Gasteiger partial charge >= 0.3 is 5.97 Å². The Morgan fingerprint density at radius 1 is 1.57 bits per heavy atom. The van der Waals surface area contributed by atoms with Gasteiger partial charge < -0.3 is 10.4 Å². The molecule has 5 heteroatoms. The van der Waals surface area contributed by atoms with Crippen molar-refractivity contribution in [2.45, 2.75) is 0 Å². The van der Waals surface area contributed by atoms with E-state index < -0.39 is 11.8 Å². The monoisotopic (exact) mass is 215 g/mol. The maximum atomic E-state index is 13.0. The molecule has 0 aliphatic heterocycles. The van der Waals surface area contributed by atoms with E-state index in [1.165, 1.54) is 18.2 Å². The second-order valence-corrected chi connectivity index (χ2v) is 2.88. The molecule has 1 aromatic carbocycles. The van der Waals surface area contributed by atoms with E-state index in [1.54, 1.807) is 0 Å². The summed E-state index contributed by atoms with van der Waals surface area (Å²) in [7, 11) is 0. The fourth-order valence-corrected chi connectivity index (χ4v) is 0.983. The zero-order valence-electron chi connectivity index (χ0n) is 7.00. The standard InChI is InChI=1S/C9H7ClFNO2/c10-6-1-2-7(11)8(5-6)12-4-3-9(13)14/h1-5,12H,(H,13,14)/b4-3+. The van der Waals surface area contributed by atoms with Gasteiger partial charge in [0.15, 0.2) is 0 Å². The number of carboxylic acid groups (broad SMARTS) is 1. The molecule has 0 aliphatic carbocycles. The number of aliphatic carboxylic acids is 1. The van der Waals surface area contributed by atoms with Gasteiger partial charge in [-0.3, -0.25) is 0 Å². The first-order valence-corrected chi connectivity index (χ1v) is 4.08. The molecule has 0 spiro atoms. The fraction of sp³-hybridized carbons (Fsp3) is 0. The summed E-state index contributed by atoms with van der Waals surface area (Å²) in [6.45, 7) is 0. The minimum absolute atomic E-state index is 0.134. The SMILES string of the molecule is O=C(O)/C=C/Nc1cc(Cl)ccc1F. The number of carbonyl (C=O) groups is 1. The molecular formula is C9H7ClFNO2. The van der Waals surface area contributed by atoms with Gasteiger partial charge in [-0.1, -0.05) is 11.6 Å². The van der Waals surface area contributed by atoms with Crippen molar-refractivity contribution in [2.75, 3.05) is 5.32 Å². The van der Waals surface area contributed by atoms with Gasteiger partial charge in [0.2, 0.25) is 0 Å². The van der Waals surface area contributed by atoms with Crippen molar-refractivity contribution in [2.24, 2.45) is 0 Å². The van der Waals surface area contributed by atoms with Gasteiger partial charge in [0.1, 0.15) is 5.82 Å². The summed E-state index contributed by atoms with van der Waals surface area (Å²) >= 11 is 5.61. The number of benzene rings is 1. The van der Waals surface area contributed by atoms with Crippen LogP contribution in [0.15, 0.2) is 30.5 Å². The predicted molar refractivity (Wildman–Crippen MR) is 51.8 cm³/mol. The largest absolute Gasteiger partial charge is 0.478 e. The Morgan fingerprint density at radius 3 is 2.93 bits per heavy atom. The van der Waals surface area contributed by atoms with E-state index in [1.807, 2.05) is 0 Å². The molecule has 0 aliphatic rings. The first-order chi connectivity index (χ1) is 6.59. The lowest BCUT2D eigenvalue weighted by Gasteiger charge is -2.01. The number of hydrogen-bond acceptors (Lipinski definition) is 2. The van der Waals surface area contributed by atoms with E-state index in [2.05, 4.69) is 5.32 Å². The molecule has 0 atom stereocenters. The summed E-state index contributed by atoms with van der Waals surface area (Å²) in [5, 5.41) is 11.1. The topological polar surface area (TPSA) is 49.3 Å². The Morgan fingerprint density at radius 2 is 2.29 bits per heavy atom. The van der Waals surface area contributed by atoms with Crippen LogP contribution in [0.5, 0.6) is 0 Å². The Balaban J connectivity index is 2.76. The molecule has 14 heavy (non-hydrogen) atoms. The second-order valence-electron chi connectivity index (χ2n) is 2.44. The maximum Gasteiger partial charge on any atom is 0.329 e. The quantitative estimate of drug-likeness (QED) is 0.762. The minimum atomic E-state index is -1.11. The fourth-order valence-electron chi connectivity index (χ4n) is 0.811. The van der Waals surface area contributed by atoms with Crippen LogP contribution in [-0.2, 0) is 4.79 Å². The van der Waals surface area contributed by atoms with Gasteiger partial charge in [-0.05, 0) is 18.2 Å². The second kappa shape index (κ2) is 4.62. The number of anilines is 1. The van der Waals surface area contributed by atoms with Gasteiger partial charge in [0.25, 0.3) is 0 Å². The Labute approximate surface area is 84.8 Å². The third-order valence-corrected chi connectivity index (χ3v) is 1.63. The maximum absolute atomic E-state index is 13.0. The van der Waals surface area contributed by atoms with Crippen molar-refractivity contribution in [1.82, 2.24) is 0 Å². The number of halogens is 2. The van der Waals surface area contributed by atoms with Gasteiger partial charge in [0.05, 0.1) is 5.69 Å². The third kappa shape index (κ3) is 3.06. The molecule has 0 fully saturated rings. The van der Waals surface area contributed by atoms with Crippen molar-refractivity contribution >= 4 is 23.3 Å². The van der Waals surface area contributed by atoms with Crippen molar-refractivity contribution in [3.05, 3.63) is 41.3 Å². The van der Waals surface area contributed by atoms with Crippen LogP contribution in [0.2, 0.25) is 5.02 Å². The van der Waals surface area contributed by atoms with E-state index >= 15 is 0 Å². The van der Waals surface area contributed by atoms with Crippen LogP contribution in [-0.4, -0.2) is 11.1 Å². The highest BCUT2D eigenvalue weighted by molar-refractivity contribution is 6.30. The lowest BCUT2D eigenvalue weighted by molar-refractivity contribution is -0.131. The van der Waals surface area contributed by atoms with Crippen molar-refractivity contribution in [1.29, 1.82) is 0 Å². The van der Waals surface area contributed by atoms with E-state index in [-0.39, 0.29) is 5.69 Å². The Bertz CT molecular complexity index is 379. The van der Waals surface area contributed by atoms with Crippen LogP contribution >= 0.6 is 11.6 Å². The molecule has 1 rings (SSSR count). The molecule has 0 radical (unpaired) electrons. The molecule has 0 saturated carbocycles. The summed E-state index contributed by atoms with van der Waals surface area (Å²) < 4.78 is 13.0. The molecular weight excluding hydrogens is 209 g/mol. The van der Waals surface area contributed by atoms with Crippen LogP contribution in [0.3, 0.4) is 0 Å². The highest BCUT2D eigenvalue weighted by atomic mass is 35.5. The number of carboxylic acids is 1. The molecule has 2 N–H and O–H groups in total. The molecule has 0 aromatic heterocycles. The Kier molecular flexibility index (Phi) is 3.48. The molecule has 3 nitrogen and oxygen atoms in total. The van der Waals surface area contributed by atoms with Crippen LogP contribution in [0.1, 0.15) is 0 Å². The normalized spacial score (nSPS) is 10.4. The van der Waals surface area contributed by atoms with Gasteiger partial charge in [-0.2, -0.15) is 0 Å². The van der Waals surface area contributed by atoms with E-state index in [4.69, 9.17) is 16.7 Å². The zero-order valence-corrected chi connectivity index (χ0v) is 7.75. The molecule has 0 heterocycles. The lowest BCUT2D eigenvalue weighted by Crippen LogP contribution is -1.94. The zero-order chi connectivity index (χ0) is 10.6. The van der Waals surface area contributed by atoms with Crippen LogP contribution in [0.25, 0.3) is 0 Å². The minimum Gasteiger partial charge on any atom is -0.478 e. The first-order valence-electron chi connectivity index (χ1n) is 3.70. The predicted octanol–water partition coefficient (Wildman–Crippen LogP) is 2.49. The highest BCUT2D eigenvalue weighted by Crippen LogP contribution is 2.19. The van der Waals surface area contributed by atoms with E-state index in [9.17, 15) is 9.18 Å². The average molecular weight is 216 g/mol. The molecule has 74 valence electrons. The first kappa shape index (κ1) is 10.5. The summed E-state index contributed by atoms with van der Waals surface area (Å²) in [5.41, 5.74) is 0.134. The van der Waals surface area contributed by atoms with Gasteiger partial charge in [-0.25, -0.2) is 9.18 Å². The van der Waals surface area contributed by atoms with Crippen LogP contribution < -0.4 is 5.32 Å². The van der Waals surface area contributed by atoms with E-state index in [0.717, 1.165) is 12.3 Å². The number of nitrogens with one attached hydrogen (secondary N) is 1. The number of rotatable bonds is 3. The van der Waals surface area contributed by atoms with Crippen LogP contribution in [0.4, 0.5) is 10.1 Å². The molecule has 0 amide bonds. The van der Waals surface area contributed by atoms with Gasteiger partial charge in [0, 0.05) is 17.3 Å². The highest BCUT2D eigenvalue weighted by Gasteiger charge is 2.00. The third-order valence-electron chi connectivity index (χ3n) is 1.39.